The number of halogens is 3. The first-order valence-electron chi connectivity index (χ1n) is 8.69. The normalized spacial score (nSPS) is 11.2. The van der Waals surface area contributed by atoms with Gasteiger partial charge in [-0.2, -0.15) is 5.10 Å². The molecule has 0 saturated carbocycles. The third kappa shape index (κ3) is 5.65. The van der Waals surface area contributed by atoms with Gasteiger partial charge in [-0.1, -0.05) is 35.3 Å². The molecule has 2 N–H and O–H groups in total. The zero-order valence-corrected chi connectivity index (χ0v) is 19.5. The standard InChI is InChI=1S/C19H22Cl2N6.HI/c1-3-22-19(24-13-16-11-17(20)18(21)26(16)2)23-12-14-6-4-7-15(10-14)27-9-5-8-25-27;/h4-11H,3,12-13H2,1-2H3,(H2,22,23,24);1H. The highest BCUT2D eigenvalue weighted by molar-refractivity contribution is 14.0. The number of aromatic nitrogens is 3. The summed E-state index contributed by atoms with van der Waals surface area (Å²) in [7, 11) is 1.88. The van der Waals surface area contributed by atoms with Gasteiger partial charge in [0.25, 0.3) is 0 Å². The van der Waals surface area contributed by atoms with Crippen LogP contribution in [0.4, 0.5) is 0 Å². The molecule has 0 fully saturated rings. The van der Waals surface area contributed by atoms with Gasteiger partial charge >= 0.3 is 0 Å². The van der Waals surface area contributed by atoms with Crippen molar-refractivity contribution < 1.29 is 0 Å². The van der Waals surface area contributed by atoms with Gasteiger partial charge in [-0.25, -0.2) is 9.67 Å². The molecule has 3 rings (SSSR count). The SMILES string of the molecule is CCNC(=NCc1cccc(-n2cccn2)c1)NCc1cc(Cl)c(Cl)n1C.I. The number of nitrogens with zero attached hydrogens (tertiary/aromatic N) is 4. The van der Waals surface area contributed by atoms with Crippen LogP contribution in [0.5, 0.6) is 0 Å². The van der Waals surface area contributed by atoms with Crippen LogP contribution in [-0.2, 0) is 20.1 Å². The Morgan fingerprint density at radius 2 is 2.00 bits per heavy atom. The first kappa shape index (κ1) is 22.6. The number of hydrogen-bond acceptors (Lipinski definition) is 2. The molecule has 150 valence electrons. The summed E-state index contributed by atoms with van der Waals surface area (Å²) >= 11 is 12.2. The topological polar surface area (TPSA) is 59.2 Å². The van der Waals surface area contributed by atoms with Crippen LogP contribution in [0.25, 0.3) is 5.69 Å². The van der Waals surface area contributed by atoms with Gasteiger partial charge in [0.15, 0.2) is 5.96 Å². The summed E-state index contributed by atoms with van der Waals surface area (Å²) in [5.41, 5.74) is 3.10. The van der Waals surface area contributed by atoms with E-state index >= 15 is 0 Å². The summed E-state index contributed by atoms with van der Waals surface area (Å²) in [4.78, 5) is 4.67. The summed E-state index contributed by atoms with van der Waals surface area (Å²) in [5, 5.41) is 11.9. The van der Waals surface area contributed by atoms with E-state index in [1.807, 2.05) is 53.7 Å². The lowest BCUT2D eigenvalue weighted by Crippen LogP contribution is -2.37. The van der Waals surface area contributed by atoms with E-state index < -0.39 is 0 Å². The minimum Gasteiger partial charge on any atom is -0.357 e. The Labute approximate surface area is 192 Å². The average molecular weight is 533 g/mol. The summed E-state index contributed by atoms with van der Waals surface area (Å²) in [5.74, 6) is 0.732. The van der Waals surface area contributed by atoms with Crippen molar-refractivity contribution in [3.63, 3.8) is 0 Å². The molecule has 6 nitrogen and oxygen atoms in total. The predicted octanol–water partition coefficient (Wildman–Crippen LogP) is 4.39. The molecular formula is C19H23Cl2IN6. The molecule has 0 unspecified atom stereocenters. The highest BCUT2D eigenvalue weighted by atomic mass is 127. The van der Waals surface area contributed by atoms with E-state index in [1.54, 1.807) is 6.20 Å². The lowest BCUT2D eigenvalue weighted by molar-refractivity contribution is 0.752. The summed E-state index contributed by atoms with van der Waals surface area (Å²) in [6.45, 7) is 3.93. The zero-order chi connectivity index (χ0) is 19.2. The Bertz CT molecular complexity index is 921. The molecule has 0 amide bonds. The van der Waals surface area contributed by atoms with E-state index in [-0.39, 0.29) is 24.0 Å². The fourth-order valence-corrected chi connectivity index (χ4v) is 3.08. The number of nitrogens with one attached hydrogen (secondary N) is 2. The Kier molecular flexibility index (Phi) is 8.65. The number of benzene rings is 1. The van der Waals surface area contributed by atoms with Crippen molar-refractivity contribution in [1.82, 2.24) is 25.0 Å². The smallest absolute Gasteiger partial charge is 0.191 e. The summed E-state index contributed by atoms with van der Waals surface area (Å²) in [6.07, 6.45) is 3.68. The summed E-state index contributed by atoms with van der Waals surface area (Å²) in [6, 6.07) is 11.9. The molecule has 9 heteroatoms. The van der Waals surface area contributed by atoms with E-state index in [2.05, 4.69) is 32.9 Å². The third-order valence-electron chi connectivity index (χ3n) is 4.10. The molecule has 0 saturated heterocycles. The second-order valence-electron chi connectivity index (χ2n) is 6.00. The van der Waals surface area contributed by atoms with Crippen molar-refractivity contribution >= 4 is 53.1 Å². The van der Waals surface area contributed by atoms with Gasteiger partial charge in [-0.3, -0.25) is 0 Å². The Balaban J connectivity index is 0.00000280. The summed E-state index contributed by atoms with van der Waals surface area (Å²) < 4.78 is 3.69. The number of hydrogen-bond donors (Lipinski definition) is 2. The second-order valence-corrected chi connectivity index (χ2v) is 6.77. The van der Waals surface area contributed by atoms with Gasteiger partial charge in [0.1, 0.15) is 5.15 Å². The second kappa shape index (κ2) is 10.7. The molecule has 0 aliphatic carbocycles. The molecule has 0 atom stereocenters. The highest BCUT2D eigenvalue weighted by Crippen LogP contribution is 2.24. The minimum absolute atomic E-state index is 0. The van der Waals surface area contributed by atoms with Crippen molar-refractivity contribution in [2.75, 3.05) is 6.54 Å². The van der Waals surface area contributed by atoms with Crippen LogP contribution >= 0.6 is 47.2 Å². The van der Waals surface area contributed by atoms with Crippen molar-refractivity contribution in [2.24, 2.45) is 12.0 Å². The average Bonchev–Trinajstić information content (AvgIpc) is 3.29. The number of guanidine groups is 1. The highest BCUT2D eigenvalue weighted by Gasteiger charge is 2.09. The lowest BCUT2D eigenvalue weighted by atomic mass is 10.2. The zero-order valence-electron chi connectivity index (χ0n) is 15.7. The van der Waals surface area contributed by atoms with Crippen LogP contribution in [0.1, 0.15) is 18.2 Å². The largest absolute Gasteiger partial charge is 0.357 e. The fraction of sp³-hybridized carbons (Fsp3) is 0.263. The van der Waals surface area contributed by atoms with Crippen LogP contribution in [0.2, 0.25) is 10.2 Å². The lowest BCUT2D eigenvalue weighted by Gasteiger charge is -2.12. The van der Waals surface area contributed by atoms with Gasteiger partial charge in [-0.15, -0.1) is 24.0 Å². The third-order valence-corrected chi connectivity index (χ3v) is 4.94. The molecule has 28 heavy (non-hydrogen) atoms. The molecule has 0 bridgehead atoms. The maximum atomic E-state index is 6.12. The molecule has 0 spiro atoms. The van der Waals surface area contributed by atoms with E-state index in [1.165, 1.54) is 0 Å². The molecule has 0 radical (unpaired) electrons. The molecule has 2 heterocycles. The minimum atomic E-state index is 0. The van der Waals surface area contributed by atoms with Crippen LogP contribution in [0.15, 0.2) is 53.8 Å². The van der Waals surface area contributed by atoms with Crippen molar-refractivity contribution in [2.45, 2.75) is 20.0 Å². The molecule has 1 aromatic carbocycles. The maximum absolute atomic E-state index is 6.12. The maximum Gasteiger partial charge on any atom is 0.191 e. The fourth-order valence-electron chi connectivity index (χ4n) is 2.66. The van der Waals surface area contributed by atoms with Crippen molar-refractivity contribution in [3.8, 4) is 5.69 Å². The van der Waals surface area contributed by atoms with Crippen LogP contribution < -0.4 is 10.6 Å². The first-order chi connectivity index (χ1) is 13.1. The first-order valence-corrected chi connectivity index (χ1v) is 9.44. The molecule has 2 aromatic heterocycles. The van der Waals surface area contributed by atoms with Crippen molar-refractivity contribution in [1.29, 1.82) is 0 Å². The number of rotatable bonds is 6. The van der Waals surface area contributed by atoms with E-state index in [0.29, 0.717) is 23.3 Å². The van der Waals surface area contributed by atoms with Gasteiger partial charge in [0, 0.05) is 31.7 Å². The van der Waals surface area contributed by atoms with Gasteiger partial charge < -0.3 is 15.2 Å². The van der Waals surface area contributed by atoms with Crippen molar-refractivity contribution in [3.05, 3.63) is 70.2 Å². The Morgan fingerprint density at radius 1 is 1.18 bits per heavy atom. The Morgan fingerprint density at radius 3 is 2.64 bits per heavy atom. The van der Waals surface area contributed by atoms with Gasteiger partial charge in [-0.05, 0) is 36.8 Å². The monoisotopic (exact) mass is 532 g/mol. The van der Waals surface area contributed by atoms with E-state index in [9.17, 15) is 0 Å². The van der Waals surface area contributed by atoms with Crippen LogP contribution in [-0.4, -0.2) is 26.9 Å². The number of aliphatic imine (C=N–C) groups is 1. The quantitative estimate of drug-likeness (QED) is 0.281. The van der Waals surface area contributed by atoms with Gasteiger partial charge in [0.2, 0.25) is 0 Å². The molecular weight excluding hydrogens is 510 g/mol. The Hall–Kier alpha value is -1.71. The van der Waals surface area contributed by atoms with E-state index in [4.69, 9.17) is 23.2 Å². The molecule has 3 aromatic rings. The molecule has 0 aliphatic rings. The van der Waals surface area contributed by atoms with Crippen LogP contribution in [0, 0.1) is 0 Å². The van der Waals surface area contributed by atoms with E-state index in [0.717, 1.165) is 29.4 Å². The van der Waals surface area contributed by atoms with Crippen LogP contribution in [0.3, 0.4) is 0 Å². The predicted molar refractivity (Wildman–Crippen MR) is 126 cm³/mol. The molecule has 0 aliphatic heterocycles. The van der Waals surface area contributed by atoms with Gasteiger partial charge in [0.05, 0.1) is 23.8 Å².